The van der Waals surface area contributed by atoms with Crippen molar-refractivity contribution in [3.63, 3.8) is 0 Å². The summed E-state index contributed by atoms with van der Waals surface area (Å²) in [6.45, 7) is 0. The Balaban J connectivity index is 2.11. The van der Waals surface area contributed by atoms with Crippen LogP contribution in [0.2, 0.25) is 0 Å². The lowest BCUT2D eigenvalue weighted by atomic mass is 10.1. The highest BCUT2D eigenvalue weighted by molar-refractivity contribution is 6.01. The molecule has 3 aromatic rings. The molecule has 8 heteroatoms. The van der Waals surface area contributed by atoms with E-state index in [-0.39, 0.29) is 11.5 Å². The summed E-state index contributed by atoms with van der Waals surface area (Å²) in [5.41, 5.74) is 6.61. The summed E-state index contributed by atoms with van der Waals surface area (Å²) in [4.78, 5) is 28.0. The van der Waals surface area contributed by atoms with Gasteiger partial charge in [-0.15, -0.1) is 0 Å². The van der Waals surface area contributed by atoms with Gasteiger partial charge in [0.05, 0.1) is 25.3 Å². The summed E-state index contributed by atoms with van der Waals surface area (Å²) < 4.78 is 16.4. The van der Waals surface area contributed by atoms with Crippen LogP contribution < -0.4 is 25.3 Å². The summed E-state index contributed by atoms with van der Waals surface area (Å²) in [6.07, 6.45) is 1.57. The third kappa shape index (κ3) is 3.66. The molecule has 0 spiro atoms. The van der Waals surface area contributed by atoms with Crippen LogP contribution in [0.25, 0.3) is 10.9 Å². The first kappa shape index (κ1) is 19.0. The smallest absolute Gasteiger partial charge is 0.252 e. The Morgan fingerprint density at radius 3 is 2.39 bits per heavy atom. The summed E-state index contributed by atoms with van der Waals surface area (Å²) >= 11 is 0. The van der Waals surface area contributed by atoms with E-state index >= 15 is 0 Å². The molecular weight excluding hydrogens is 362 g/mol. The fourth-order valence-corrected chi connectivity index (χ4v) is 2.75. The number of nitrogens with one attached hydrogen (secondary N) is 1. The van der Waals surface area contributed by atoms with Gasteiger partial charge in [-0.2, -0.15) is 0 Å². The molecular formula is C20H19N3O5. The SMILES string of the molecule is CNC(=O)c1cc(OC)cc(Oc2ccnc3cc(OC)c(C(N)=O)cc23)c1. The van der Waals surface area contributed by atoms with Crippen molar-refractivity contribution in [1.82, 2.24) is 10.3 Å². The maximum atomic E-state index is 12.0. The van der Waals surface area contributed by atoms with Crippen molar-refractivity contribution in [2.24, 2.45) is 5.73 Å². The first-order valence-corrected chi connectivity index (χ1v) is 8.32. The van der Waals surface area contributed by atoms with Gasteiger partial charge < -0.3 is 25.3 Å². The number of rotatable bonds is 6. The van der Waals surface area contributed by atoms with E-state index in [2.05, 4.69) is 10.3 Å². The average molecular weight is 381 g/mol. The molecule has 0 atom stereocenters. The molecule has 3 rings (SSSR count). The number of amides is 2. The molecule has 1 heterocycles. The molecule has 3 N–H and O–H groups in total. The highest BCUT2D eigenvalue weighted by Crippen LogP contribution is 2.34. The van der Waals surface area contributed by atoms with Gasteiger partial charge in [-0.05, 0) is 24.3 Å². The molecule has 0 radical (unpaired) electrons. The van der Waals surface area contributed by atoms with Crippen molar-refractivity contribution in [3.8, 4) is 23.0 Å². The van der Waals surface area contributed by atoms with Crippen molar-refractivity contribution >= 4 is 22.7 Å². The van der Waals surface area contributed by atoms with Crippen LogP contribution in [0.15, 0.2) is 42.6 Å². The van der Waals surface area contributed by atoms with Gasteiger partial charge in [0.25, 0.3) is 11.8 Å². The van der Waals surface area contributed by atoms with Crippen molar-refractivity contribution in [2.75, 3.05) is 21.3 Å². The van der Waals surface area contributed by atoms with Gasteiger partial charge in [0.15, 0.2) is 0 Å². The van der Waals surface area contributed by atoms with E-state index in [4.69, 9.17) is 19.9 Å². The summed E-state index contributed by atoms with van der Waals surface area (Å²) in [5, 5.41) is 3.13. The predicted molar refractivity (Wildman–Crippen MR) is 103 cm³/mol. The first-order valence-electron chi connectivity index (χ1n) is 8.32. The second kappa shape index (κ2) is 7.83. The zero-order valence-corrected chi connectivity index (χ0v) is 15.6. The van der Waals surface area contributed by atoms with E-state index in [1.807, 2.05) is 0 Å². The van der Waals surface area contributed by atoms with Gasteiger partial charge in [0.2, 0.25) is 0 Å². The molecule has 0 aliphatic carbocycles. The number of hydrogen-bond donors (Lipinski definition) is 2. The minimum Gasteiger partial charge on any atom is -0.497 e. The van der Waals surface area contributed by atoms with E-state index < -0.39 is 5.91 Å². The number of nitrogens with two attached hydrogens (primary N) is 1. The highest BCUT2D eigenvalue weighted by atomic mass is 16.5. The second-order valence-corrected chi connectivity index (χ2v) is 5.82. The van der Waals surface area contributed by atoms with Crippen molar-refractivity contribution in [2.45, 2.75) is 0 Å². The molecule has 0 fully saturated rings. The molecule has 28 heavy (non-hydrogen) atoms. The fourth-order valence-electron chi connectivity index (χ4n) is 2.75. The second-order valence-electron chi connectivity index (χ2n) is 5.82. The van der Waals surface area contributed by atoms with Crippen LogP contribution in [-0.4, -0.2) is 38.1 Å². The highest BCUT2D eigenvalue weighted by Gasteiger charge is 2.15. The molecule has 0 saturated carbocycles. The number of carbonyl (C=O) groups is 2. The number of pyridine rings is 1. The van der Waals surface area contributed by atoms with Crippen LogP contribution in [-0.2, 0) is 0 Å². The zero-order valence-electron chi connectivity index (χ0n) is 15.6. The van der Waals surface area contributed by atoms with Crippen molar-refractivity contribution < 1.29 is 23.8 Å². The number of benzene rings is 2. The normalized spacial score (nSPS) is 10.4. The number of carbonyl (C=O) groups excluding carboxylic acids is 2. The number of ether oxygens (including phenoxy) is 3. The predicted octanol–water partition coefficient (Wildman–Crippen LogP) is 2.50. The third-order valence-electron chi connectivity index (χ3n) is 4.12. The summed E-state index contributed by atoms with van der Waals surface area (Å²) in [7, 11) is 4.49. The molecule has 0 bridgehead atoms. The maximum absolute atomic E-state index is 12.0. The Morgan fingerprint density at radius 2 is 1.75 bits per heavy atom. The lowest BCUT2D eigenvalue weighted by Gasteiger charge is -2.13. The maximum Gasteiger partial charge on any atom is 0.252 e. The van der Waals surface area contributed by atoms with Gasteiger partial charge in [0, 0.05) is 36.3 Å². The zero-order chi connectivity index (χ0) is 20.3. The minimum absolute atomic E-state index is 0.213. The standard InChI is InChI=1S/C20H19N3O5/c1-22-20(25)11-6-12(26-2)8-13(7-11)28-17-4-5-23-16-10-18(27-3)15(19(21)24)9-14(16)17/h4-10H,1-3H3,(H2,21,24)(H,22,25). The number of methoxy groups -OCH3 is 2. The molecule has 8 nitrogen and oxygen atoms in total. The Bertz CT molecular complexity index is 1070. The molecule has 0 aliphatic heterocycles. The molecule has 0 aliphatic rings. The van der Waals surface area contributed by atoms with Crippen LogP contribution in [0.5, 0.6) is 23.0 Å². The monoisotopic (exact) mass is 381 g/mol. The lowest BCUT2D eigenvalue weighted by molar-refractivity contribution is 0.0960. The Hall–Kier alpha value is -3.81. The third-order valence-corrected chi connectivity index (χ3v) is 4.12. The molecule has 2 aromatic carbocycles. The van der Waals surface area contributed by atoms with Gasteiger partial charge in [-0.1, -0.05) is 0 Å². The van der Waals surface area contributed by atoms with Gasteiger partial charge in [0.1, 0.15) is 23.0 Å². The molecule has 0 unspecified atom stereocenters. The number of nitrogens with zero attached hydrogens (tertiary/aromatic N) is 1. The van der Waals surface area contributed by atoms with Crippen LogP contribution >= 0.6 is 0 Å². The Kier molecular flexibility index (Phi) is 5.30. The van der Waals surface area contributed by atoms with Crippen molar-refractivity contribution in [3.05, 3.63) is 53.7 Å². The van der Waals surface area contributed by atoms with Gasteiger partial charge in [-0.3, -0.25) is 14.6 Å². The van der Waals surface area contributed by atoms with E-state index in [1.54, 1.807) is 42.6 Å². The van der Waals surface area contributed by atoms with Gasteiger partial charge in [-0.25, -0.2) is 0 Å². The number of hydrogen-bond acceptors (Lipinski definition) is 6. The topological polar surface area (TPSA) is 113 Å². The van der Waals surface area contributed by atoms with E-state index in [0.717, 1.165) is 0 Å². The van der Waals surface area contributed by atoms with Crippen LogP contribution in [0.1, 0.15) is 20.7 Å². The fraction of sp³-hybridized carbons (Fsp3) is 0.150. The number of aromatic nitrogens is 1. The van der Waals surface area contributed by atoms with Gasteiger partial charge >= 0.3 is 0 Å². The quantitative estimate of drug-likeness (QED) is 0.678. The number of fused-ring (bicyclic) bond motifs is 1. The van der Waals surface area contributed by atoms with Crippen molar-refractivity contribution in [1.29, 1.82) is 0 Å². The van der Waals surface area contributed by atoms with Crippen LogP contribution in [0, 0.1) is 0 Å². The largest absolute Gasteiger partial charge is 0.497 e. The van der Waals surface area contributed by atoms with E-state index in [9.17, 15) is 9.59 Å². The average Bonchev–Trinajstić information content (AvgIpc) is 2.71. The van der Waals surface area contributed by atoms with Crippen LogP contribution in [0.3, 0.4) is 0 Å². The Labute approximate surface area is 161 Å². The van der Waals surface area contributed by atoms with E-state index in [0.29, 0.717) is 39.5 Å². The minimum atomic E-state index is -0.628. The molecule has 2 amide bonds. The summed E-state index contributed by atoms with van der Waals surface area (Å²) in [5.74, 6) is 0.718. The lowest BCUT2D eigenvalue weighted by Crippen LogP contribution is -2.17. The molecule has 1 aromatic heterocycles. The van der Waals surface area contributed by atoms with Crippen LogP contribution in [0.4, 0.5) is 0 Å². The van der Waals surface area contributed by atoms with E-state index in [1.165, 1.54) is 21.3 Å². The number of primary amides is 1. The first-order chi connectivity index (χ1) is 13.5. The molecule has 0 saturated heterocycles. The molecule has 144 valence electrons. The Morgan fingerprint density at radius 1 is 1.00 bits per heavy atom. The summed E-state index contributed by atoms with van der Waals surface area (Å²) in [6, 6.07) is 9.68.